The Morgan fingerprint density at radius 1 is 1.23 bits per heavy atom. The van der Waals surface area contributed by atoms with Gasteiger partial charge in [-0.15, -0.1) is 0 Å². The summed E-state index contributed by atoms with van der Waals surface area (Å²) in [7, 11) is 0. The zero-order valence-corrected chi connectivity index (χ0v) is 17.8. The van der Waals surface area contributed by atoms with Crippen molar-refractivity contribution in [3.05, 3.63) is 53.8 Å². The molecule has 1 N–H and O–H groups in total. The molecule has 0 aliphatic carbocycles. The zero-order chi connectivity index (χ0) is 21.5. The van der Waals surface area contributed by atoms with Gasteiger partial charge in [0.2, 0.25) is 5.72 Å². The summed E-state index contributed by atoms with van der Waals surface area (Å²) in [6, 6.07) is 11.0. The number of esters is 1. The standard InChI is InChI=1S/C22H23FN2O4S/c1-4-27-16-8-6-7-15-18-17(20(26)28-5-2)22(3,29-19(15)16)25(21(30)24-18)14-11-9-13(23)10-12-14/h6-12,17-18H,4-5H2,1-3H3,(H,24,30)/t17-,18+,22+/m0/s1. The monoisotopic (exact) mass is 430 g/mol. The summed E-state index contributed by atoms with van der Waals surface area (Å²) in [6.07, 6.45) is 0. The molecule has 2 aliphatic rings. The first-order valence-electron chi connectivity index (χ1n) is 9.88. The number of fused-ring (bicyclic) bond motifs is 4. The van der Waals surface area contributed by atoms with Crippen LogP contribution in [0.5, 0.6) is 11.5 Å². The van der Waals surface area contributed by atoms with Crippen LogP contribution >= 0.6 is 12.2 Å². The van der Waals surface area contributed by atoms with E-state index in [1.54, 1.807) is 30.9 Å². The Morgan fingerprint density at radius 2 is 1.97 bits per heavy atom. The highest BCUT2D eigenvalue weighted by molar-refractivity contribution is 7.80. The minimum Gasteiger partial charge on any atom is -0.490 e. The van der Waals surface area contributed by atoms with Crippen LogP contribution in [0.15, 0.2) is 42.5 Å². The number of nitrogens with zero attached hydrogens (tertiary/aromatic N) is 1. The fraction of sp³-hybridized carbons (Fsp3) is 0.364. The Labute approximate surface area is 179 Å². The number of carbonyl (C=O) groups is 1. The lowest BCUT2D eigenvalue weighted by Crippen LogP contribution is -2.71. The SMILES string of the molecule is CCOC(=O)[C@@H]1[C@@H]2NC(=S)N(c3ccc(F)cc3)[C@]1(C)Oc1c(OCC)cccc12. The summed E-state index contributed by atoms with van der Waals surface area (Å²) in [6.45, 7) is 6.16. The van der Waals surface area contributed by atoms with Crippen LogP contribution in [0, 0.1) is 11.7 Å². The highest BCUT2D eigenvalue weighted by atomic mass is 32.1. The van der Waals surface area contributed by atoms with Gasteiger partial charge in [-0.1, -0.05) is 12.1 Å². The van der Waals surface area contributed by atoms with Crippen LogP contribution in [0.25, 0.3) is 0 Å². The Morgan fingerprint density at radius 3 is 2.63 bits per heavy atom. The third-order valence-corrected chi connectivity index (χ3v) is 5.72. The maximum atomic E-state index is 13.5. The Bertz CT molecular complexity index is 984. The summed E-state index contributed by atoms with van der Waals surface area (Å²) >= 11 is 5.64. The lowest BCUT2D eigenvalue weighted by Gasteiger charge is -2.55. The third kappa shape index (κ3) is 3.15. The largest absolute Gasteiger partial charge is 0.490 e. The van der Waals surface area contributed by atoms with Crippen LogP contribution in [0.3, 0.4) is 0 Å². The van der Waals surface area contributed by atoms with E-state index in [0.717, 1.165) is 5.56 Å². The molecule has 2 aliphatic heterocycles. The molecule has 4 rings (SSSR count). The first-order valence-corrected chi connectivity index (χ1v) is 10.3. The van der Waals surface area contributed by atoms with E-state index in [1.165, 1.54) is 12.1 Å². The van der Waals surface area contributed by atoms with Gasteiger partial charge in [0.25, 0.3) is 0 Å². The Hall–Kier alpha value is -2.87. The fourth-order valence-corrected chi connectivity index (χ4v) is 4.62. The van der Waals surface area contributed by atoms with Crippen molar-refractivity contribution < 1.29 is 23.4 Å². The van der Waals surface area contributed by atoms with Crippen molar-refractivity contribution in [3.8, 4) is 11.5 Å². The molecule has 2 aromatic rings. The van der Waals surface area contributed by atoms with Gasteiger partial charge in [0.15, 0.2) is 16.6 Å². The molecule has 0 saturated carbocycles. The summed E-state index contributed by atoms with van der Waals surface area (Å²) in [4.78, 5) is 14.8. The average molecular weight is 431 g/mol. The van der Waals surface area contributed by atoms with Gasteiger partial charge in [-0.05, 0) is 63.3 Å². The second kappa shape index (κ2) is 7.75. The van der Waals surface area contributed by atoms with Crippen LogP contribution in [0.2, 0.25) is 0 Å². The maximum absolute atomic E-state index is 13.5. The van der Waals surface area contributed by atoms with Gasteiger partial charge in [0, 0.05) is 11.3 Å². The number of carbonyl (C=O) groups excluding carboxylic acids is 1. The summed E-state index contributed by atoms with van der Waals surface area (Å²) in [5, 5.41) is 3.66. The number of thiocarbonyl (C=S) groups is 1. The van der Waals surface area contributed by atoms with Gasteiger partial charge in [0.1, 0.15) is 11.7 Å². The predicted molar refractivity (Wildman–Crippen MR) is 114 cm³/mol. The number of hydrogen-bond donors (Lipinski definition) is 1. The second-order valence-corrected chi connectivity index (χ2v) is 7.62. The second-order valence-electron chi connectivity index (χ2n) is 7.23. The topological polar surface area (TPSA) is 60.0 Å². The number of anilines is 1. The van der Waals surface area contributed by atoms with Crippen LogP contribution in [0.1, 0.15) is 32.4 Å². The molecule has 6 nitrogen and oxygen atoms in total. The molecule has 30 heavy (non-hydrogen) atoms. The van der Waals surface area contributed by atoms with Crippen LogP contribution in [0.4, 0.5) is 10.1 Å². The Kier molecular flexibility index (Phi) is 5.27. The summed E-state index contributed by atoms with van der Waals surface area (Å²) in [5.41, 5.74) is 0.163. The van der Waals surface area contributed by atoms with E-state index in [0.29, 0.717) is 28.9 Å². The molecule has 2 aromatic carbocycles. The molecule has 0 aromatic heterocycles. The molecule has 1 fully saturated rings. The van der Waals surface area contributed by atoms with Crippen LogP contribution in [-0.4, -0.2) is 30.0 Å². The number of para-hydroxylation sites is 1. The zero-order valence-electron chi connectivity index (χ0n) is 17.0. The van der Waals surface area contributed by atoms with Gasteiger partial charge in [0.05, 0.1) is 19.3 Å². The van der Waals surface area contributed by atoms with E-state index < -0.39 is 23.7 Å². The first kappa shape index (κ1) is 20.4. The minimum atomic E-state index is -1.21. The van der Waals surface area contributed by atoms with Crippen molar-refractivity contribution in [1.29, 1.82) is 0 Å². The molecule has 3 atom stereocenters. The van der Waals surface area contributed by atoms with E-state index in [2.05, 4.69) is 5.32 Å². The van der Waals surface area contributed by atoms with Gasteiger partial charge in [-0.25, -0.2) is 4.39 Å². The molecule has 2 heterocycles. The maximum Gasteiger partial charge on any atom is 0.317 e. The number of ether oxygens (including phenoxy) is 3. The quantitative estimate of drug-likeness (QED) is 0.569. The van der Waals surface area contributed by atoms with Gasteiger partial charge in [-0.2, -0.15) is 0 Å². The van der Waals surface area contributed by atoms with Crippen molar-refractivity contribution in [2.24, 2.45) is 5.92 Å². The lowest BCUT2D eigenvalue weighted by atomic mass is 9.79. The average Bonchev–Trinajstić information content (AvgIpc) is 2.70. The number of benzene rings is 2. The third-order valence-electron chi connectivity index (χ3n) is 5.41. The number of nitrogens with one attached hydrogen (secondary N) is 1. The van der Waals surface area contributed by atoms with Gasteiger partial charge in [-0.3, -0.25) is 9.69 Å². The van der Waals surface area contributed by atoms with Crippen molar-refractivity contribution in [2.75, 3.05) is 18.1 Å². The molecule has 0 amide bonds. The minimum absolute atomic E-state index is 0.241. The first-order chi connectivity index (χ1) is 14.4. The van der Waals surface area contributed by atoms with Crippen molar-refractivity contribution in [2.45, 2.75) is 32.5 Å². The van der Waals surface area contributed by atoms with Crippen LogP contribution in [-0.2, 0) is 9.53 Å². The van der Waals surface area contributed by atoms with Gasteiger partial charge >= 0.3 is 5.97 Å². The van der Waals surface area contributed by atoms with E-state index in [4.69, 9.17) is 26.4 Å². The van der Waals surface area contributed by atoms with E-state index in [-0.39, 0.29) is 12.4 Å². The molecule has 158 valence electrons. The Balaban J connectivity index is 1.90. The van der Waals surface area contributed by atoms with E-state index in [1.807, 2.05) is 25.1 Å². The van der Waals surface area contributed by atoms with E-state index in [9.17, 15) is 9.18 Å². The lowest BCUT2D eigenvalue weighted by molar-refractivity contribution is -0.159. The normalized spacial score (nSPS) is 24.4. The molecule has 2 bridgehead atoms. The summed E-state index contributed by atoms with van der Waals surface area (Å²) in [5.74, 6) is -0.358. The molecule has 0 spiro atoms. The van der Waals surface area contributed by atoms with E-state index >= 15 is 0 Å². The number of hydrogen-bond acceptors (Lipinski definition) is 5. The molecular weight excluding hydrogens is 407 g/mol. The fourth-order valence-electron chi connectivity index (χ4n) is 4.21. The molecular formula is C22H23FN2O4S. The van der Waals surface area contributed by atoms with Crippen molar-refractivity contribution in [3.63, 3.8) is 0 Å². The molecule has 0 unspecified atom stereocenters. The van der Waals surface area contributed by atoms with Crippen molar-refractivity contribution >= 4 is 29.0 Å². The molecule has 1 saturated heterocycles. The van der Waals surface area contributed by atoms with Crippen LogP contribution < -0.4 is 19.7 Å². The highest BCUT2D eigenvalue weighted by Gasteiger charge is 2.60. The molecule has 8 heteroatoms. The number of rotatable bonds is 5. The molecule has 0 radical (unpaired) electrons. The van der Waals surface area contributed by atoms with Gasteiger partial charge < -0.3 is 19.5 Å². The predicted octanol–water partition coefficient (Wildman–Crippen LogP) is 3.95. The smallest absolute Gasteiger partial charge is 0.317 e. The number of halogens is 1. The highest BCUT2D eigenvalue weighted by Crippen LogP contribution is 2.52. The van der Waals surface area contributed by atoms with Crippen molar-refractivity contribution in [1.82, 2.24) is 5.32 Å². The summed E-state index contributed by atoms with van der Waals surface area (Å²) < 4.78 is 31.2.